The number of nitro benzene ring substituents is 1. The lowest BCUT2D eigenvalue weighted by molar-refractivity contribution is -0.388. The average Bonchev–Trinajstić information content (AvgIpc) is 3.21. The smallest absolute Gasteiger partial charge is 0.416 e. The molecule has 0 radical (unpaired) electrons. The van der Waals surface area contributed by atoms with Gasteiger partial charge in [-0.25, -0.2) is 0 Å². The van der Waals surface area contributed by atoms with E-state index in [1.165, 1.54) is 0 Å². The molecule has 4 aromatic rings. The monoisotopic (exact) mass is 486 g/mol. The SMILES string of the molecule is COc1ccc(-c2nnc(Sc3ccc(C(F)(F)F)cc3[N+](=O)[O-])n2Cc2ccccc2)cc1. The van der Waals surface area contributed by atoms with Crippen molar-refractivity contribution in [1.29, 1.82) is 0 Å². The van der Waals surface area contributed by atoms with Crippen molar-refractivity contribution in [3.63, 3.8) is 0 Å². The molecule has 174 valence electrons. The number of nitro groups is 1. The first-order chi connectivity index (χ1) is 16.3. The molecule has 0 saturated carbocycles. The van der Waals surface area contributed by atoms with Crippen molar-refractivity contribution in [3.05, 3.63) is 94.0 Å². The van der Waals surface area contributed by atoms with Crippen LogP contribution in [0.3, 0.4) is 0 Å². The summed E-state index contributed by atoms with van der Waals surface area (Å²) in [5.41, 5.74) is -0.0767. The number of hydrogen-bond donors (Lipinski definition) is 0. The Balaban J connectivity index is 1.77. The van der Waals surface area contributed by atoms with Gasteiger partial charge >= 0.3 is 6.18 Å². The molecule has 0 fully saturated rings. The number of halogens is 3. The predicted molar refractivity (Wildman–Crippen MR) is 120 cm³/mol. The third-order valence-corrected chi connectivity index (χ3v) is 5.98. The number of aromatic nitrogens is 3. The topological polar surface area (TPSA) is 83.1 Å². The van der Waals surface area contributed by atoms with E-state index in [0.29, 0.717) is 29.3 Å². The number of hydrogen-bond acceptors (Lipinski definition) is 6. The van der Waals surface area contributed by atoms with E-state index in [-0.39, 0.29) is 4.90 Å². The fourth-order valence-corrected chi connectivity index (χ4v) is 4.16. The van der Waals surface area contributed by atoms with E-state index in [0.717, 1.165) is 35.0 Å². The van der Waals surface area contributed by atoms with E-state index in [9.17, 15) is 23.3 Å². The molecule has 7 nitrogen and oxygen atoms in total. The van der Waals surface area contributed by atoms with Gasteiger partial charge < -0.3 is 4.74 Å². The second kappa shape index (κ2) is 9.56. The minimum atomic E-state index is -4.69. The summed E-state index contributed by atoms with van der Waals surface area (Å²) in [6, 6.07) is 19.0. The van der Waals surface area contributed by atoms with Gasteiger partial charge in [-0.15, -0.1) is 10.2 Å². The highest BCUT2D eigenvalue weighted by molar-refractivity contribution is 7.99. The maximum Gasteiger partial charge on any atom is 0.416 e. The highest BCUT2D eigenvalue weighted by Gasteiger charge is 2.33. The first-order valence-electron chi connectivity index (χ1n) is 9.91. The van der Waals surface area contributed by atoms with Crippen molar-refractivity contribution in [3.8, 4) is 17.1 Å². The lowest BCUT2D eigenvalue weighted by atomic mass is 10.2. The van der Waals surface area contributed by atoms with Crippen LogP contribution < -0.4 is 4.74 Å². The van der Waals surface area contributed by atoms with Gasteiger partial charge in [0.1, 0.15) is 5.75 Å². The van der Waals surface area contributed by atoms with Crippen molar-refractivity contribution in [1.82, 2.24) is 14.8 Å². The van der Waals surface area contributed by atoms with Crippen molar-refractivity contribution < 1.29 is 22.8 Å². The van der Waals surface area contributed by atoms with Crippen molar-refractivity contribution in [2.75, 3.05) is 7.11 Å². The molecule has 0 aliphatic carbocycles. The zero-order chi connectivity index (χ0) is 24.3. The van der Waals surface area contributed by atoms with Crippen molar-refractivity contribution in [2.45, 2.75) is 22.8 Å². The Hall–Kier alpha value is -3.86. The van der Waals surface area contributed by atoms with Crippen molar-refractivity contribution in [2.24, 2.45) is 0 Å². The zero-order valence-electron chi connectivity index (χ0n) is 17.7. The summed E-state index contributed by atoms with van der Waals surface area (Å²) in [7, 11) is 1.55. The van der Waals surface area contributed by atoms with Gasteiger partial charge in [-0.05, 0) is 53.7 Å². The first-order valence-corrected chi connectivity index (χ1v) is 10.7. The van der Waals surface area contributed by atoms with Crippen LogP contribution >= 0.6 is 11.8 Å². The van der Waals surface area contributed by atoms with Crippen LogP contribution in [0.2, 0.25) is 0 Å². The summed E-state index contributed by atoms with van der Waals surface area (Å²) in [5.74, 6) is 1.16. The van der Waals surface area contributed by atoms with E-state index in [4.69, 9.17) is 4.74 Å². The zero-order valence-corrected chi connectivity index (χ0v) is 18.5. The minimum absolute atomic E-state index is 0.0287. The quantitative estimate of drug-likeness (QED) is 0.233. The standard InChI is InChI=1S/C23H17F3N4O3S/c1-33-18-10-7-16(8-11-18)21-27-28-22(29(21)14-15-5-3-2-4-6-15)34-20-12-9-17(23(24,25)26)13-19(20)30(31)32/h2-13H,14H2,1H3. The van der Waals surface area contributed by atoms with Crippen LogP contribution in [-0.4, -0.2) is 26.8 Å². The van der Waals surface area contributed by atoms with Crippen molar-refractivity contribution >= 4 is 17.4 Å². The number of rotatable bonds is 7. The molecule has 0 saturated heterocycles. The average molecular weight is 486 g/mol. The lowest BCUT2D eigenvalue weighted by Gasteiger charge is -2.12. The molecule has 0 N–H and O–H groups in total. The fourth-order valence-electron chi connectivity index (χ4n) is 3.25. The highest BCUT2D eigenvalue weighted by atomic mass is 32.2. The van der Waals surface area contributed by atoms with E-state index in [1.807, 2.05) is 30.3 Å². The van der Waals surface area contributed by atoms with Crippen LogP contribution in [0.5, 0.6) is 5.75 Å². The molecule has 0 aliphatic rings. The molecule has 34 heavy (non-hydrogen) atoms. The Morgan fingerprint density at radius 3 is 2.35 bits per heavy atom. The predicted octanol–water partition coefficient (Wildman–Crippen LogP) is 6.08. The van der Waals surface area contributed by atoms with Gasteiger partial charge in [0, 0.05) is 11.6 Å². The first kappa shape index (κ1) is 23.3. The molecule has 11 heteroatoms. The third kappa shape index (κ3) is 5.04. The molecule has 0 aliphatic heterocycles. The normalized spacial score (nSPS) is 11.4. The van der Waals surface area contributed by atoms with Crippen LogP contribution in [0.25, 0.3) is 11.4 Å². The van der Waals surface area contributed by atoms with E-state index in [2.05, 4.69) is 10.2 Å². The molecule has 3 aromatic carbocycles. The Kier molecular flexibility index (Phi) is 6.55. The Morgan fingerprint density at radius 2 is 1.74 bits per heavy atom. The fraction of sp³-hybridized carbons (Fsp3) is 0.130. The van der Waals surface area contributed by atoms with Crippen LogP contribution in [0.15, 0.2) is 82.8 Å². The molecule has 0 unspecified atom stereocenters. The molecular formula is C23H17F3N4O3S. The van der Waals surface area contributed by atoms with Crippen LogP contribution in [0.4, 0.5) is 18.9 Å². The summed E-state index contributed by atoms with van der Waals surface area (Å²) in [6.07, 6.45) is -4.69. The van der Waals surface area contributed by atoms with E-state index >= 15 is 0 Å². The number of methoxy groups -OCH3 is 1. The number of benzene rings is 3. The van der Waals surface area contributed by atoms with Gasteiger partial charge in [0.25, 0.3) is 5.69 Å². The van der Waals surface area contributed by atoms with Gasteiger partial charge in [0.15, 0.2) is 11.0 Å². The molecule has 0 spiro atoms. The number of ether oxygens (including phenoxy) is 1. The second-order valence-electron chi connectivity index (χ2n) is 7.15. The van der Waals surface area contributed by atoms with Gasteiger partial charge in [-0.1, -0.05) is 30.3 Å². The summed E-state index contributed by atoms with van der Waals surface area (Å²) in [5, 5.41) is 20.3. The Bertz CT molecular complexity index is 1310. The maximum absolute atomic E-state index is 13.1. The number of nitrogens with zero attached hydrogens (tertiary/aromatic N) is 4. The Morgan fingerprint density at radius 1 is 1.03 bits per heavy atom. The van der Waals surface area contributed by atoms with E-state index in [1.54, 1.807) is 35.9 Å². The molecule has 0 atom stereocenters. The van der Waals surface area contributed by atoms with Gasteiger partial charge in [0.05, 0.1) is 29.0 Å². The summed E-state index contributed by atoms with van der Waals surface area (Å²) in [4.78, 5) is 10.7. The highest BCUT2D eigenvalue weighted by Crippen LogP contribution is 2.39. The Labute approximate surface area is 196 Å². The maximum atomic E-state index is 13.1. The van der Waals surface area contributed by atoms with E-state index < -0.39 is 22.4 Å². The molecule has 0 amide bonds. The lowest BCUT2D eigenvalue weighted by Crippen LogP contribution is -2.06. The molecule has 4 rings (SSSR count). The minimum Gasteiger partial charge on any atom is -0.497 e. The summed E-state index contributed by atoms with van der Waals surface area (Å²) >= 11 is 0.887. The van der Waals surface area contributed by atoms with Crippen LogP contribution in [0, 0.1) is 10.1 Å². The molecule has 1 aromatic heterocycles. The van der Waals surface area contributed by atoms with Gasteiger partial charge in [-0.3, -0.25) is 14.7 Å². The van der Waals surface area contributed by atoms with Crippen LogP contribution in [-0.2, 0) is 12.7 Å². The number of alkyl halides is 3. The summed E-state index contributed by atoms with van der Waals surface area (Å²) < 4.78 is 46.2. The molecular weight excluding hydrogens is 469 g/mol. The third-order valence-electron chi connectivity index (χ3n) is 4.93. The summed E-state index contributed by atoms with van der Waals surface area (Å²) in [6.45, 7) is 0.353. The van der Waals surface area contributed by atoms with Gasteiger partial charge in [0.2, 0.25) is 0 Å². The molecule has 1 heterocycles. The van der Waals surface area contributed by atoms with Crippen LogP contribution in [0.1, 0.15) is 11.1 Å². The van der Waals surface area contributed by atoms with Gasteiger partial charge in [-0.2, -0.15) is 13.2 Å². The second-order valence-corrected chi connectivity index (χ2v) is 8.15. The largest absolute Gasteiger partial charge is 0.497 e. The molecule has 0 bridgehead atoms.